The van der Waals surface area contributed by atoms with Crippen LogP contribution in [-0.2, 0) is 0 Å². The Morgan fingerprint density at radius 1 is 0.524 bits per heavy atom. The zero-order valence-electron chi connectivity index (χ0n) is 11.4. The van der Waals surface area contributed by atoms with Crippen LogP contribution in [0.2, 0.25) is 0 Å². The predicted octanol–water partition coefficient (Wildman–Crippen LogP) is 6.42. The molecule has 0 saturated heterocycles. The second-order valence-corrected chi connectivity index (χ2v) is 6.15. The molecule has 0 N–H and O–H groups in total. The molecule has 4 aromatic carbocycles. The Kier molecular flexibility index (Phi) is 3.01. The second-order valence-electron chi connectivity index (χ2n) is 5.23. The number of rotatable bonds is 1. The van der Waals surface area contributed by atoms with Crippen LogP contribution in [0.5, 0.6) is 0 Å². The summed E-state index contributed by atoms with van der Waals surface area (Å²) in [4.78, 5) is 0. The van der Waals surface area contributed by atoms with Gasteiger partial charge in [0.25, 0.3) is 0 Å². The Labute approximate surface area is 132 Å². The summed E-state index contributed by atoms with van der Waals surface area (Å²) in [6.07, 6.45) is 0. The quantitative estimate of drug-likeness (QED) is 0.352. The van der Waals surface area contributed by atoms with E-state index in [2.05, 4.69) is 94.8 Å². The second kappa shape index (κ2) is 5.01. The van der Waals surface area contributed by atoms with Gasteiger partial charge in [-0.3, -0.25) is 0 Å². The van der Waals surface area contributed by atoms with E-state index in [4.69, 9.17) is 0 Å². The Hall–Kier alpha value is -2.12. The zero-order valence-corrected chi connectivity index (χ0v) is 13.0. The number of hydrogen-bond acceptors (Lipinski definition) is 0. The molecule has 0 fully saturated rings. The lowest BCUT2D eigenvalue weighted by atomic mass is 9.97. The third-order valence-electron chi connectivity index (χ3n) is 3.90. The van der Waals surface area contributed by atoms with Crippen LogP contribution in [0.25, 0.3) is 32.7 Å². The molecular weight excluding hydrogens is 320 g/mol. The first-order valence-electron chi connectivity index (χ1n) is 6.99. The van der Waals surface area contributed by atoms with Crippen LogP contribution in [0.1, 0.15) is 0 Å². The molecule has 0 amide bonds. The monoisotopic (exact) mass is 332 g/mol. The predicted molar refractivity (Wildman–Crippen MR) is 94.6 cm³/mol. The minimum absolute atomic E-state index is 1.12. The molecular formula is C20H13Br. The molecule has 1 heteroatoms. The smallest absolute Gasteiger partial charge is 0.0181 e. The van der Waals surface area contributed by atoms with E-state index in [0.717, 1.165) is 4.47 Å². The number of fused-ring (bicyclic) bond motifs is 3. The van der Waals surface area contributed by atoms with E-state index in [9.17, 15) is 0 Å². The molecule has 0 spiro atoms. The van der Waals surface area contributed by atoms with Crippen molar-refractivity contribution in [3.63, 3.8) is 0 Å². The minimum atomic E-state index is 1.12. The molecule has 0 aliphatic carbocycles. The van der Waals surface area contributed by atoms with Crippen molar-refractivity contribution in [2.45, 2.75) is 0 Å². The molecule has 0 aliphatic rings. The fourth-order valence-electron chi connectivity index (χ4n) is 2.85. The molecule has 4 aromatic rings. The highest BCUT2D eigenvalue weighted by Gasteiger charge is 2.03. The van der Waals surface area contributed by atoms with Gasteiger partial charge in [0.2, 0.25) is 0 Å². The van der Waals surface area contributed by atoms with E-state index < -0.39 is 0 Å². The van der Waals surface area contributed by atoms with Crippen molar-refractivity contribution < 1.29 is 0 Å². The zero-order chi connectivity index (χ0) is 14.2. The molecule has 0 aliphatic heterocycles. The van der Waals surface area contributed by atoms with Crippen molar-refractivity contribution in [2.75, 3.05) is 0 Å². The van der Waals surface area contributed by atoms with Crippen molar-refractivity contribution in [1.82, 2.24) is 0 Å². The lowest BCUT2D eigenvalue weighted by molar-refractivity contribution is 1.65. The summed E-state index contributed by atoms with van der Waals surface area (Å²) in [5.41, 5.74) is 2.52. The van der Waals surface area contributed by atoms with Gasteiger partial charge in [0.1, 0.15) is 0 Å². The third-order valence-corrected chi connectivity index (χ3v) is 4.40. The van der Waals surface area contributed by atoms with Crippen LogP contribution in [-0.4, -0.2) is 0 Å². The first-order chi connectivity index (χ1) is 10.3. The lowest BCUT2D eigenvalue weighted by Crippen LogP contribution is -1.81. The van der Waals surface area contributed by atoms with Crippen LogP contribution in [0, 0.1) is 0 Å². The van der Waals surface area contributed by atoms with E-state index in [0.29, 0.717) is 0 Å². The molecule has 0 aromatic heterocycles. The number of hydrogen-bond donors (Lipinski definition) is 0. The van der Waals surface area contributed by atoms with Gasteiger partial charge in [-0.15, -0.1) is 0 Å². The van der Waals surface area contributed by atoms with Gasteiger partial charge in [0, 0.05) is 4.47 Å². The maximum Gasteiger partial charge on any atom is 0.0181 e. The molecule has 4 rings (SSSR count). The van der Waals surface area contributed by atoms with E-state index >= 15 is 0 Å². The topological polar surface area (TPSA) is 0 Å². The van der Waals surface area contributed by atoms with Crippen LogP contribution in [0.15, 0.2) is 83.3 Å². The van der Waals surface area contributed by atoms with Gasteiger partial charge in [-0.1, -0.05) is 76.6 Å². The van der Waals surface area contributed by atoms with Crippen LogP contribution < -0.4 is 0 Å². The molecule has 0 saturated carbocycles. The van der Waals surface area contributed by atoms with Crippen LogP contribution in [0.3, 0.4) is 0 Å². The average molecular weight is 333 g/mol. The summed E-state index contributed by atoms with van der Waals surface area (Å²) in [7, 11) is 0. The fraction of sp³-hybridized carbons (Fsp3) is 0. The summed E-state index contributed by atoms with van der Waals surface area (Å²) < 4.78 is 1.12. The van der Waals surface area contributed by atoms with Gasteiger partial charge >= 0.3 is 0 Å². The normalized spacial score (nSPS) is 11.1. The van der Waals surface area contributed by atoms with Crippen molar-refractivity contribution in [2.24, 2.45) is 0 Å². The van der Waals surface area contributed by atoms with Gasteiger partial charge in [-0.2, -0.15) is 0 Å². The maximum absolute atomic E-state index is 3.54. The van der Waals surface area contributed by atoms with E-state index in [-0.39, 0.29) is 0 Å². The van der Waals surface area contributed by atoms with Crippen molar-refractivity contribution in [1.29, 1.82) is 0 Å². The van der Waals surface area contributed by atoms with Gasteiger partial charge in [0.05, 0.1) is 0 Å². The molecule has 0 atom stereocenters. The lowest BCUT2D eigenvalue weighted by Gasteiger charge is -2.07. The first-order valence-corrected chi connectivity index (χ1v) is 7.78. The van der Waals surface area contributed by atoms with E-state index in [1.807, 2.05) is 0 Å². The molecule has 100 valence electrons. The van der Waals surface area contributed by atoms with Crippen LogP contribution in [0.4, 0.5) is 0 Å². The summed E-state index contributed by atoms with van der Waals surface area (Å²) in [6, 6.07) is 28.1. The molecule has 0 nitrogen and oxygen atoms in total. The molecule has 0 heterocycles. The van der Waals surface area contributed by atoms with E-state index in [1.54, 1.807) is 0 Å². The number of benzene rings is 4. The summed E-state index contributed by atoms with van der Waals surface area (Å²) in [5, 5.41) is 5.16. The minimum Gasteiger partial charge on any atom is -0.0622 e. The standard InChI is InChI=1S/C20H13Br/c21-18-9-11-20-17(13-18)7-6-16-12-15(8-10-19(16)20)14-4-2-1-3-5-14/h1-13H. The van der Waals surface area contributed by atoms with Crippen LogP contribution >= 0.6 is 15.9 Å². The molecule has 0 radical (unpaired) electrons. The first kappa shape index (κ1) is 12.6. The largest absolute Gasteiger partial charge is 0.0622 e. The van der Waals surface area contributed by atoms with Crippen molar-refractivity contribution >= 4 is 37.5 Å². The van der Waals surface area contributed by atoms with Crippen molar-refractivity contribution in [3.05, 3.63) is 83.3 Å². The Balaban J connectivity index is 1.97. The molecule has 0 bridgehead atoms. The molecule has 21 heavy (non-hydrogen) atoms. The van der Waals surface area contributed by atoms with Crippen molar-refractivity contribution in [3.8, 4) is 11.1 Å². The average Bonchev–Trinajstić information content (AvgIpc) is 2.54. The summed E-state index contributed by atoms with van der Waals surface area (Å²) in [5.74, 6) is 0. The Morgan fingerprint density at radius 2 is 1.19 bits per heavy atom. The Morgan fingerprint density at radius 3 is 1.95 bits per heavy atom. The maximum atomic E-state index is 3.54. The Bertz CT molecular complexity index is 940. The highest BCUT2D eigenvalue weighted by Crippen LogP contribution is 2.30. The molecule has 0 unspecified atom stereocenters. The van der Waals surface area contributed by atoms with Gasteiger partial charge in [0.15, 0.2) is 0 Å². The van der Waals surface area contributed by atoms with Gasteiger partial charge in [-0.05, 0) is 50.9 Å². The fourth-order valence-corrected chi connectivity index (χ4v) is 3.23. The SMILES string of the molecule is Brc1ccc2c(ccc3cc(-c4ccccc4)ccc32)c1. The summed E-state index contributed by atoms with van der Waals surface area (Å²) >= 11 is 3.54. The van der Waals surface area contributed by atoms with Gasteiger partial charge in [-0.25, -0.2) is 0 Å². The third kappa shape index (κ3) is 2.24. The highest BCUT2D eigenvalue weighted by atomic mass is 79.9. The van der Waals surface area contributed by atoms with Gasteiger partial charge < -0.3 is 0 Å². The summed E-state index contributed by atoms with van der Waals surface area (Å²) in [6.45, 7) is 0. The van der Waals surface area contributed by atoms with E-state index in [1.165, 1.54) is 32.7 Å². The highest BCUT2D eigenvalue weighted by molar-refractivity contribution is 9.10. The number of halogens is 1.